The number of rotatable bonds is 36. The van der Waals surface area contributed by atoms with E-state index in [9.17, 15) is 18.0 Å². The molecule has 0 aliphatic carbocycles. The lowest BCUT2D eigenvalue weighted by atomic mass is 10.1. The summed E-state index contributed by atoms with van der Waals surface area (Å²) < 4.78 is 48.3. The molecule has 2 aromatic carbocycles. The lowest BCUT2D eigenvalue weighted by Crippen LogP contribution is -2.12. The van der Waals surface area contributed by atoms with Crippen LogP contribution in [0.25, 0.3) is 0 Å². The van der Waals surface area contributed by atoms with E-state index in [4.69, 9.17) is 18.9 Å². The van der Waals surface area contributed by atoms with Crippen LogP contribution < -0.4 is 9.47 Å². The number of sulfone groups is 1. The minimum atomic E-state index is -3.75. The molecule has 0 unspecified atom stereocenters. The van der Waals surface area contributed by atoms with Crippen molar-refractivity contribution in [3.8, 4) is 11.5 Å². The highest BCUT2D eigenvalue weighted by atomic mass is 32.2. The number of benzene rings is 2. The number of hydrogen-bond donors (Lipinski definition) is 0. The van der Waals surface area contributed by atoms with Crippen LogP contribution in [-0.2, 0) is 28.9 Å². The Morgan fingerprint density at radius 2 is 0.754 bits per heavy atom. The quantitative estimate of drug-likeness (QED) is 0.0381. The van der Waals surface area contributed by atoms with Gasteiger partial charge in [0.2, 0.25) is 9.84 Å². The summed E-state index contributed by atoms with van der Waals surface area (Å²) in [5, 5.41) is 0. The number of hydrogen-bond acceptors (Lipinski definition) is 8. The van der Waals surface area contributed by atoms with Gasteiger partial charge in [0.25, 0.3) is 0 Å². The second-order valence-electron chi connectivity index (χ2n) is 14.8. The van der Waals surface area contributed by atoms with E-state index in [0.717, 1.165) is 64.2 Å². The average molecular weight is 811 g/mol. The van der Waals surface area contributed by atoms with Gasteiger partial charge in [-0.25, -0.2) is 8.42 Å². The van der Waals surface area contributed by atoms with Gasteiger partial charge in [0.15, 0.2) is 0 Å². The number of carbonyl (C=O) groups is 2. The summed E-state index contributed by atoms with van der Waals surface area (Å²) in [6, 6.07) is 12.3. The van der Waals surface area contributed by atoms with Crippen molar-refractivity contribution in [1.29, 1.82) is 0 Å². The largest absolute Gasteiger partial charge is 0.490 e. The SMILES string of the molecule is CCCCCCCC/C=C/CCCCCC(=O)OCCOc1ccc(S(=O)(=O)c2ccc(OCCOC(=O)CCCCC/C=C/CCCCCCCC)cc2)cc1. The third-order valence-corrected chi connectivity index (χ3v) is 11.6. The van der Waals surface area contributed by atoms with E-state index in [1.807, 2.05) is 0 Å². The normalized spacial score (nSPS) is 11.7. The zero-order chi connectivity index (χ0) is 41.1. The second kappa shape index (κ2) is 33.4. The zero-order valence-electron chi connectivity index (χ0n) is 35.4. The Bertz CT molecular complexity index is 1360. The van der Waals surface area contributed by atoms with Gasteiger partial charge < -0.3 is 18.9 Å². The highest BCUT2D eigenvalue weighted by Gasteiger charge is 2.18. The topological polar surface area (TPSA) is 105 Å². The molecule has 0 radical (unpaired) electrons. The van der Waals surface area contributed by atoms with E-state index in [1.54, 1.807) is 24.3 Å². The van der Waals surface area contributed by atoms with Crippen LogP contribution in [0.15, 0.2) is 82.6 Å². The highest BCUT2D eigenvalue weighted by Crippen LogP contribution is 2.25. The van der Waals surface area contributed by atoms with Crippen LogP contribution in [0.2, 0.25) is 0 Å². The van der Waals surface area contributed by atoms with Gasteiger partial charge in [-0.1, -0.05) is 115 Å². The molecular formula is C48H74O8S. The maximum Gasteiger partial charge on any atom is 0.305 e. The predicted octanol–water partition coefficient (Wildman–Crippen LogP) is 12.9. The standard InChI is InChI=1S/C48H74O8S/c1-3-5-7-9-11-13-15-17-19-21-23-25-27-29-47(49)55-41-39-53-43-31-35-45(36-32-43)57(51,52)46-37-33-44(34-38-46)54-40-42-56-48(50)30-28-26-24-22-20-18-16-14-12-10-8-6-4-2/h17-20,31-38H,3-16,21-30,39-42H2,1-2H3/b19-17+,20-18+. The summed E-state index contributed by atoms with van der Waals surface area (Å²) in [4.78, 5) is 24.4. The van der Waals surface area contributed by atoms with Gasteiger partial charge in [0.1, 0.15) is 37.9 Å². The number of esters is 2. The summed E-state index contributed by atoms with van der Waals surface area (Å²) in [7, 11) is -3.75. The van der Waals surface area contributed by atoms with Crippen LogP contribution in [0.1, 0.15) is 168 Å². The Hall–Kier alpha value is -3.59. The Morgan fingerprint density at radius 1 is 0.439 bits per heavy atom. The summed E-state index contributed by atoms with van der Waals surface area (Å²) in [6.45, 7) is 5.11. The van der Waals surface area contributed by atoms with Crippen molar-refractivity contribution in [2.24, 2.45) is 0 Å². The molecule has 0 aliphatic rings. The molecule has 0 aliphatic heterocycles. The van der Waals surface area contributed by atoms with E-state index in [-0.39, 0.29) is 48.2 Å². The minimum Gasteiger partial charge on any atom is -0.490 e. The van der Waals surface area contributed by atoms with Crippen molar-refractivity contribution >= 4 is 21.8 Å². The number of ether oxygens (including phenoxy) is 4. The van der Waals surface area contributed by atoms with Gasteiger partial charge in [-0.2, -0.15) is 0 Å². The van der Waals surface area contributed by atoms with Gasteiger partial charge in [0, 0.05) is 12.8 Å². The summed E-state index contributed by atoms with van der Waals surface area (Å²) >= 11 is 0. The van der Waals surface area contributed by atoms with Crippen molar-refractivity contribution < 1.29 is 37.0 Å². The van der Waals surface area contributed by atoms with Crippen LogP contribution in [-0.4, -0.2) is 46.8 Å². The van der Waals surface area contributed by atoms with E-state index in [1.165, 1.54) is 101 Å². The lowest BCUT2D eigenvalue weighted by molar-refractivity contribution is -0.145. The first-order valence-corrected chi connectivity index (χ1v) is 23.7. The molecule has 2 aromatic rings. The fourth-order valence-electron chi connectivity index (χ4n) is 6.31. The van der Waals surface area contributed by atoms with E-state index in [0.29, 0.717) is 24.3 Å². The summed E-state index contributed by atoms with van der Waals surface area (Å²) in [5.41, 5.74) is 0. The molecule has 2 rings (SSSR count). The molecule has 0 N–H and O–H groups in total. The first kappa shape index (κ1) is 49.6. The van der Waals surface area contributed by atoms with Crippen molar-refractivity contribution in [3.63, 3.8) is 0 Å². The highest BCUT2D eigenvalue weighted by molar-refractivity contribution is 7.91. The molecule has 0 aromatic heterocycles. The monoisotopic (exact) mass is 811 g/mol. The molecule has 320 valence electrons. The smallest absolute Gasteiger partial charge is 0.305 e. The second-order valence-corrected chi connectivity index (χ2v) is 16.8. The molecule has 0 saturated heterocycles. The third-order valence-electron chi connectivity index (χ3n) is 9.78. The molecule has 0 heterocycles. The molecule has 8 nitrogen and oxygen atoms in total. The van der Waals surface area contributed by atoms with E-state index in [2.05, 4.69) is 38.2 Å². The average Bonchev–Trinajstić information content (AvgIpc) is 3.22. The Labute approximate surface area is 346 Å². The molecule has 0 fully saturated rings. The van der Waals surface area contributed by atoms with Crippen LogP contribution in [0.4, 0.5) is 0 Å². The maximum absolute atomic E-state index is 13.2. The van der Waals surface area contributed by atoms with Gasteiger partial charge >= 0.3 is 11.9 Å². The van der Waals surface area contributed by atoms with Crippen molar-refractivity contribution in [1.82, 2.24) is 0 Å². The predicted molar refractivity (Wildman–Crippen MR) is 232 cm³/mol. The Kier molecular flexibility index (Phi) is 29.0. The molecule has 0 amide bonds. The molecule has 0 atom stereocenters. The lowest BCUT2D eigenvalue weighted by Gasteiger charge is -2.10. The zero-order valence-corrected chi connectivity index (χ0v) is 36.2. The minimum absolute atomic E-state index is 0.134. The van der Waals surface area contributed by atoms with Gasteiger partial charge in [-0.3, -0.25) is 9.59 Å². The maximum atomic E-state index is 13.2. The number of carbonyl (C=O) groups excluding carboxylic acids is 2. The first-order chi connectivity index (χ1) is 27.9. The van der Waals surface area contributed by atoms with E-state index < -0.39 is 9.84 Å². The summed E-state index contributed by atoms with van der Waals surface area (Å²) in [6.07, 6.45) is 36.0. The molecule has 0 saturated carbocycles. The summed E-state index contributed by atoms with van der Waals surface area (Å²) in [5.74, 6) is 0.515. The van der Waals surface area contributed by atoms with Gasteiger partial charge in [0.05, 0.1) is 9.79 Å². The van der Waals surface area contributed by atoms with Crippen LogP contribution >= 0.6 is 0 Å². The fraction of sp³-hybridized carbons (Fsp3) is 0.625. The number of allylic oxidation sites excluding steroid dienone is 4. The van der Waals surface area contributed by atoms with Crippen molar-refractivity contribution in [3.05, 3.63) is 72.8 Å². The van der Waals surface area contributed by atoms with Crippen LogP contribution in [0, 0.1) is 0 Å². The fourth-order valence-corrected chi connectivity index (χ4v) is 7.57. The number of unbranched alkanes of at least 4 members (excludes halogenated alkanes) is 18. The third kappa shape index (κ3) is 25.4. The van der Waals surface area contributed by atoms with Gasteiger partial charge in [-0.05, 0) is 113 Å². The van der Waals surface area contributed by atoms with E-state index >= 15 is 0 Å². The van der Waals surface area contributed by atoms with Crippen LogP contribution in [0.3, 0.4) is 0 Å². The van der Waals surface area contributed by atoms with Crippen LogP contribution in [0.5, 0.6) is 11.5 Å². The molecule has 0 spiro atoms. The van der Waals surface area contributed by atoms with Gasteiger partial charge in [-0.15, -0.1) is 0 Å². The molecule has 57 heavy (non-hydrogen) atoms. The first-order valence-electron chi connectivity index (χ1n) is 22.2. The van der Waals surface area contributed by atoms with Crippen molar-refractivity contribution in [2.75, 3.05) is 26.4 Å². The Morgan fingerprint density at radius 3 is 1.11 bits per heavy atom. The molecular weight excluding hydrogens is 737 g/mol. The molecule has 0 bridgehead atoms. The Balaban J connectivity index is 1.52. The van der Waals surface area contributed by atoms with Crippen molar-refractivity contribution in [2.45, 2.75) is 178 Å². The molecule has 9 heteroatoms.